The number of hydrogen-bond acceptors (Lipinski definition) is 6. The van der Waals surface area contributed by atoms with Gasteiger partial charge in [0.25, 0.3) is 0 Å². The highest BCUT2D eigenvalue weighted by Crippen LogP contribution is 2.35. The highest BCUT2D eigenvalue weighted by Gasteiger charge is 2.46. The Morgan fingerprint density at radius 3 is 2.39 bits per heavy atom. The van der Waals surface area contributed by atoms with Gasteiger partial charge in [-0.25, -0.2) is 0 Å². The lowest BCUT2D eigenvalue weighted by Crippen LogP contribution is -2.59. The molecule has 3 rings (SSSR count). The number of halogens is 1. The van der Waals surface area contributed by atoms with Gasteiger partial charge in [0.15, 0.2) is 6.23 Å². The van der Waals surface area contributed by atoms with Crippen LogP contribution in [0.5, 0.6) is 5.75 Å². The summed E-state index contributed by atoms with van der Waals surface area (Å²) in [6, 6.07) is 12.9. The van der Waals surface area contributed by atoms with Crippen LogP contribution in [0.1, 0.15) is 36.6 Å². The number of likely N-dealkylation sites (N-methyl/N-ethyl adjacent to an activating group) is 1. The van der Waals surface area contributed by atoms with Crippen molar-refractivity contribution in [1.82, 2.24) is 4.90 Å². The number of hydrogen-bond donors (Lipinski definition) is 3. The number of aliphatic hydroxyl groups is 3. The first-order valence-corrected chi connectivity index (χ1v) is 10.5. The van der Waals surface area contributed by atoms with E-state index in [0.29, 0.717) is 23.6 Å². The monoisotopic (exact) mass is 449 g/mol. The van der Waals surface area contributed by atoms with E-state index >= 15 is 0 Å². The van der Waals surface area contributed by atoms with Crippen molar-refractivity contribution < 1.29 is 29.6 Å². The molecule has 1 aliphatic heterocycles. The van der Waals surface area contributed by atoms with Gasteiger partial charge in [0, 0.05) is 19.0 Å². The quantitative estimate of drug-likeness (QED) is 0.625. The van der Waals surface area contributed by atoms with Crippen LogP contribution < -0.4 is 4.74 Å². The maximum atomic E-state index is 11.8. The standard InChI is InChI=1S/C23H28ClNO6/c1-4-30-17-8-5-14(6-9-17)11-16-12-15(7-10-18(16)24)22-20(28)19(27)21(29)23(31-22)25(3)13(2)26/h5-10,12,19-23,27-29H,4,11H2,1-3H3/t19-,20+,21+,22-,23-/m0/s1. The molecule has 0 spiro atoms. The molecule has 0 aromatic heterocycles. The van der Waals surface area contributed by atoms with E-state index in [0.717, 1.165) is 16.9 Å². The van der Waals surface area contributed by atoms with Gasteiger partial charge in [-0.15, -0.1) is 0 Å². The van der Waals surface area contributed by atoms with Gasteiger partial charge in [-0.2, -0.15) is 0 Å². The van der Waals surface area contributed by atoms with E-state index in [2.05, 4.69) is 0 Å². The van der Waals surface area contributed by atoms with Crippen molar-refractivity contribution in [2.75, 3.05) is 13.7 Å². The first-order chi connectivity index (χ1) is 14.7. The molecule has 31 heavy (non-hydrogen) atoms. The number of carbonyl (C=O) groups excluding carboxylic acids is 1. The fraction of sp³-hybridized carbons (Fsp3) is 0.435. The predicted molar refractivity (Wildman–Crippen MR) is 116 cm³/mol. The summed E-state index contributed by atoms with van der Waals surface area (Å²) in [6.07, 6.45) is -5.77. The molecule has 0 unspecified atom stereocenters. The number of amides is 1. The summed E-state index contributed by atoms with van der Waals surface area (Å²) < 4.78 is 11.3. The van der Waals surface area contributed by atoms with E-state index in [-0.39, 0.29) is 5.91 Å². The Morgan fingerprint density at radius 1 is 1.10 bits per heavy atom. The lowest BCUT2D eigenvalue weighted by molar-refractivity contribution is -0.256. The van der Waals surface area contributed by atoms with Gasteiger partial charge in [-0.1, -0.05) is 35.9 Å². The molecule has 0 saturated carbocycles. The zero-order valence-corrected chi connectivity index (χ0v) is 18.5. The average Bonchev–Trinajstić information content (AvgIpc) is 2.75. The number of nitrogens with zero attached hydrogens (tertiary/aromatic N) is 1. The zero-order valence-electron chi connectivity index (χ0n) is 17.7. The molecule has 1 fully saturated rings. The van der Waals surface area contributed by atoms with Crippen molar-refractivity contribution >= 4 is 17.5 Å². The molecule has 168 valence electrons. The first kappa shape index (κ1) is 23.5. The topological polar surface area (TPSA) is 99.5 Å². The minimum atomic E-state index is -1.48. The van der Waals surface area contributed by atoms with Gasteiger partial charge >= 0.3 is 0 Å². The fourth-order valence-electron chi connectivity index (χ4n) is 3.63. The van der Waals surface area contributed by atoms with Crippen LogP contribution in [0.15, 0.2) is 42.5 Å². The molecular formula is C23H28ClNO6. The Morgan fingerprint density at radius 2 is 1.77 bits per heavy atom. The second kappa shape index (κ2) is 9.97. The van der Waals surface area contributed by atoms with Crippen LogP contribution in [0.4, 0.5) is 0 Å². The van der Waals surface area contributed by atoms with Gasteiger partial charge in [-0.05, 0) is 48.2 Å². The first-order valence-electron chi connectivity index (χ1n) is 10.2. The van der Waals surface area contributed by atoms with Crippen LogP contribution in [0, 0.1) is 0 Å². The molecule has 1 aliphatic rings. The largest absolute Gasteiger partial charge is 0.494 e. The van der Waals surface area contributed by atoms with Crippen LogP contribution in [0.25, 0.3) is 0 Å². The van der Waals surface area contributed by atoms with Gasteiger partial charge in [0.1, 0.15) is 30.2 Å². The highest BCUT2D eigenvalue weighted by atomic mass is 35.5. The minimum absolute atomic E-state index is 0.335. The summed E-state index contributed by atoms with van der Waals surface area (Å²) in [5, 5.41) is 31.7. The summed E-state index contributed by atoms with van der Waals surface area (Å²) in [7, 11) is 1.47. The Kier molecular flexibility index (Phi) is 7.56. The van der Waals surface area contributed by atoms with Gasteiger partial charge < -0.3 is 29.7 Å². The van der Waals surface area contributed by atoms with Crippen molar-refractivity contribution in [3.05, 3.63) is 64.2 Å². The van der Waals surface area contributed by atoms with Crippen LogP contribution in [0.3, 0.4) is 0 Å². The molecule has 1 heterocycles. The number of rotatable bonds is 6. The Hall–Kier alpha value is -2.16. The zero-order chi connectivity index (χ0) is 22.7. The number of carbonyl (C=O) groups is 1. The highest BCUT2D eigenvalue weighted by molar-refractivity contribution is 6.31. The summed E-state index contributed by atoms with van der Waals surface area (Å²) >= 11 is 6.40. The predicted octanol–water partition coefficient (Wildman–Crippen LogP) is 2.29. The van der Waals surface area contributed by atoms with Crippen LogP contribution >= 0.6 is 11.6 Å². The maximum Gasteiger partial charge on any atom is 0.221 e. The van der Waals surface area contributed by atoms with Gasteiger partial charge in [0.05, 0.1) is 6.61 Å². The lowest BCUT2D eigenvalue weighted by atomic mass is 9.91. The Labute approximate surface area is 186 Å². The molecule has 0 aliphatic carbocycles. The third-order valence-electron chi connectivity index (χ3n) is 5.49. The third-order valence-corrected chi connectivity index (χ3v) is 5.86. The number of benzene rings is 2. The Balaban J connectivity index is 1.85. The van der Waals surface area contributed by atoms with Crippen LogP contribution in [-0.4, -0.2) is 64.3 Å². The number of aliphatic hydroxyl groups excluding tert-OH is 3. The normalized spacial score (nSPS) is 25.8. The van der Waals surface area contributed by atoms with Crippen molar-refractivity contribution in [3.63, 3.8) is 0 Å². The molecule has 2 aromatic carbocycles. The molecule has 0 radical (unpaired) electrons. The lowest BCUT2D eigenvalue weighted by Gasteiger charge is -2.44. The summed E-state index contributed by atoms with van der Waals surface area (Å²) in [4.78, 5) is 12.9. The van der Waals surface area contributed by atoms with E-state index < -0.39 is 30.6 Å². The van der Waals surface area contributed by atoms with E-state index in [1.165, 1.54) is 18.9 Å². The molecular weight excluding hydrogens is 422 g/mol. The molecule has 8 heteroatoms. The van der Waals surface area contributed by atoms with E-state index in [9.17, 15) is 20.1 Å². The van der Waals surface area contributed by atoms with Gasteiger partial charge in [-0.3, -0.25) is 4.79 Å². The van der Waals surface area contributed by atoms with Crippen molar-refractivity contribution in [3.8, 4) is 5.75 Å². The van der Waals surface area contributed by atoms with Crippen LogP contribution in [0.2, 0.25) is 5.02 Å². The second-order valence-electron chi connectivity index (χ2n) is 7.65. The summed E-state index contributed by atoms with van der Waals surface area (Å²) in [5.74, 6) is 0.455. The van der Waals surface area contributed by atoms with Gasteiger partial charge in [0.2, 0.25) is 5.91 Å². The number of ether oxygens (including phenoxy) is 2. The molecule has 2 aromatic rings. The minimum Gasteiger partial charge on any atom is -0.494 e. The van der Waals surface area contributed by atoms with Crippen LogP contribution in [-0.2, 0) is 16.0 Å². The summed E-state index contributed by atoms with van der Waals surface area (Å²) in [5.41, 5.74) is 2.43. The molecule has 5 atom stereocenters. The van der Waals surface area contributed by atoms with Crippen molar-refractivity contribution in [2.45, 2.75) is 50.9 Å². The van der Waals surface area contributed by atoms with E-state index in [1.54, 1.807) is 12.1 Å². The van der Waals surface area contributed by atoms with E-state index in [1.807, 2.05) is 37.3 Å². The second-order valence-corrected chi connectivity index (χ2v) is 8.06. The summed E-state index contributed by atoms with van der Waals surface area (Å²) in [6.45, 7) is 3.85. The fourth-order valence-corrected chi connectivity index (χ4v) is 3.82. The Bertz CT molecular complexity index is 905. The third kappa shape index (κ3) is 5.19. The molecule has 7 nitrogen and oxygen atoms in total. The smallest absolute Gasteiger partial charge is 0.221 e. The molecule has 3 N–H and O–H groups in total. The molecule has 1 amide bonds. The maximum absolute atomic E-state index is 11.8. The average molecular weight is 450 g/mol. The van der Waals surface area contributed by atoms with Crippen molar-refractivity contribution in [1.29, 1.82) is 0 Å². The SMILES string of the molecule is CCOc1ccc(Cc2cc([C@@H]3O[C@H](N(C)C(C)=O)[C@H](O)[C@@H](O)[C@H]3O)ccc2Cl)cc1. The molecule has 1 saturated heterocycles. The van der Waals surface area contributed by atoms with E-state index in [4.69, 9.17) is 21.1 Å². The van der Waals surface area contributed by atoms with Crippen molar-refractivity contribution in [2.24, 2.45) is 0 Å². The molecule has 0 bridgehead atoms.